The molecular weight excluding hydrogens is 262 g/mol. The van der Waals surface area contributed by atoms with Crippen molar-refractivity contribution in [2.75, 3.05) is 0 Å². The number of sulfone groups is 1. The number of nitrogens with zero attached hydrogens (tertiary/aromatic N) is 1. The molecule has 1 aromatic heterocycles. The second-order valence-corrected chi connectivity index (χ2v) is 7.51. The lowest BCUT2D eigenvalue weighted by Gasteiger charge is -2.08. The van der Waals surface area contributed by atoms with Crippen LogP contribution in [0.15, 0.2) is 35.4 Å². The lowest BCUT2D eigenvalue weighted by atomic mass is 10.2. The molecular formula is C14H17NO3S. The molecule has 102 valence electrons. The van der Waals surface area contributed by atoms with E-state index in [-0.39, 0.29) is 5.25 Å². The summed E-state index contributed by atoms with van der Waals surface area (Å²) in [5.74, 6) is 0. The molecule has 0 spiro atoms. The molecule has 19 heavy (non-hydrogen) atoms. The number of benzene rings is 1. The fourth-order valence-electron chi connectivity index (χ4n) is 2.37. The Morgan fingerprint density at radius 1 is 1.37 bits per heavy atom. The van der Waals surface area contributed by atoms with E-state index in [4.69, 9.17) is 0 Å². The number of aliphatic hydroxyl groups excluding tert-OH is 1. The predicted molar refractivity (Wildman–Crippen MR) is 73.8 cm³/mol. The molecule has 5 heteroatoms. The van der Waals surface area contributed by atoms with Crippen LogP contribution >= 0.6 is 0 Å². The predicted octanol–water partition coefficient (Wildman–Crippen LogP) is 1.96. The van der Waals surface area contributed by atoms with Crippen molar-refractivity contribution in [2.24, 2.45) is 0 Å². The molecule has 3 rings (SSSR count). The Morgan fingerprint density at radius 3 is 2.74 bits per heavy atom. The summed E-state index contributed by atoms with van der Waals surface area (Å²) in [6, 6.07) is 7.13. The molecule has 1 aliphatic carbocycles. The summed E-state index contributed by atoms with van der Waals surface area (Å²) in [6.07, 6.45) is 3.02. The fraction of sp³-hybridized carbons (Fsp3) is 0.429. The third-order valence-corrected chi connectivity index (χ3v) is 5.76. The summed E-state index contributed by atoms with van der Waals surface area (Å²) < 4.78 is 26.3. The zero-order valence-corrected chi connectivity index (χ0v) is 11.6. The monoisotopic (exact) mass is 279 g/mol. The molecule has 4 nitrogen and oxygen atoms in total. The van der Waals surface area contributed by atoms with Gasteiger partial charge in [0.2, 0.25) is 0 Å². The molecule has 2 aromatic rings. The molecule has 0 bridgehead atoms. The minimum Gasteiger partial charge on any atom is -0.392 e. The smallest absolute Gasteiger partial charge is 0.181 e. The van der Waals surface area contributed by atoms with Crippen LogP contribution in [0.25, 0.3) is 10.9 Å². The molecule has 1 atom stereocenters. The van der Waals surface area contributed by atoms with Gasteiger partial charge in [0.15, 0.2) is 9.84 Å². The van der Waals surface area contributed by atoms with Crippen LogP contribution in [-0.2, 0) is 16.4 Å². The summed E-state index contributed by atoms with van der Waals surface area (Å²) in [5, 5.41) is 10.2. The van der Waals surface area contributed by atoms with Crippen molar-refractivity contribution in [3.63, 3.8) is 0 Å². The first-order valence-corrected chi connectivity index (χ1v) is 8.04. The van der Waals surface area contributed by atoms with Gasteiger partial charge in [0.1, 0.15) is 0 Å². The van der Waals surface area contributed by atoms with Crippen molar-refractivity contribution in [3.05, 3.63) is 30.5 Å². The maximum Gasteiger partial charge on any atom is 0.181 e. The first kappa shape index (κ1) is 12.7. The molecule has 0 aliphatic heterocycles. The summed E-state index contributed by atoms with van der Waals surface area (Å²) in [6.45, 7) is 2.25. The molecule has 0 unspecified atom stereocenters. The van der Waals surface area contributed by atoms with Crippen LogP contribution in [0.2, 0.25) is 0 Å². The largest absolute Gasteiger partial charge is 0.392 e. The number of fused-ring (bicyclic) bond motifs is 1. The SMILES string of the molecule is C[C@H](O)Cn1ccc2cc(S(=O)(=O)C3CC3)ccc21. The highest BCUT2D eigenvalue weighted by Gasteiger charge is 2.36. The first-order valence-electron chi connectivity index (χ1n) is 6.49. The van der Waals surface area contributed by atoms with Crippen LogP contribution in [0.4, 0.5) is 0 Å². The topological polar surface area (TPSA) is 59.3 Å². The van der Waals surface area contributed by atoms with Gasteiger partial charge in [-0.05, 0) is 44.0 Å². The average Bonchev–Trinajstić information content (AvgIpc) is 3.13. The Morgan fingerprint density at radius 2 is 2.11 bits per heavy atom. The van der Waals surface area contributed by atoms with Gasteiger partial charge >= 0.3 is 0 Å². The zero-order chi connectivity index (χ0) is 13.6. The maximum absolute atomic E-state index is 12.2. The van der Waals surface area contributed by atoms with E-state index in [9.17, 15) is 13.5 Å². The first-order chi connectivity index (χ1) is 8.98. The zero-order valence-electron chi connectivity index (χ0n) is 10.8. The summed E-state index contributed by atoms with van der Waals surface area (Å²) >= 11 is 0. The lowest BCUT2D eigenvalue weighted by Crippen LogP contribution is -2.10. The highest BCUT2D eigenvalue weighted by molar-refractivity contribution is 7.92. The van der Waals surface area contributed by atoms with Crippen LogP contribution in [0, 0.1) is 0 Å². The highest BCUT2D eigenvalue weighted by atomic mass is 32.2. The molecule has 1 aromatic carbocycles. The molecule has 1 fully saturated rings. The summed E-state index contributed by atoms with van der Waals surface area (Å²) in [5.41, 5.74) is 0.954. The third-order valence-electron chi connectivity index (χ3n) is 3.50. The van der Waals surface area contributed by atoms with Crippen molar-refractivity contribution < 1.29 is 13.5 Å². The van der Waals surface area contributed by atoms with Crippen LogP contribution in [-0.4, -0.2) is 29.4 Å². The van der Waals surface area contributed by atoms with E-state index in [1.807, 2.05) is 22.9 Å². The molecule has 1 heterocycles. The van der Waals surface area contributed by atoms with E-state index in [0.717, 1.165) is 23.7 Å². The summed E-state index contributed by atoms with van der Waals surface area (Å²) in [7, 11) is -3.13. The van der Waals surface area contributed by atoms with Gasteiger partial charge in [-0.2, -0.15) is 0 Å². The van der Waals surface area contributed by atoms with Crippen LogP contribution in [0.3, 0.4) is 0 Å². The van der Waals surface area contributed by atoms with E-state index < -0.39 is 15.9 Å². The molecule has 0 amide bonds. The number of hydrogen-bond donors (Lipinski definition) is 1. The maximum atomic E-state index is 12.2. The number of aromatic nitrogens is 1. The molecule has 1 saturated carbocycles. The average molecular weight is 279 g/mol. The van der Waals surface area contributed by atoms with Gasteiger partial charge in [0.05, 0.1) is 16.2 Å². The number of aliphatic hydroxyl groups is 1. The van der Waals surface area contributed by atoms with Gasteiger partial charge in [-0.15, -0.1) is 0 Å². The number of rotatable bonds is 4. The van der Waals surface area contributed by atoms with Crippen LogP contribution in [0.5, 0.6) is 0 Å². The van der Waals surface area contributed by atoms with Gasteiger partial charge < -0.3 is 9.67 Å². The minimum absolute atomic E-state index is 0.176. The van der Waals surface area contributed by atoms with Crippen LogP contribution < -0.4 is 0 Å². The van der Waals surface area contributed by atoms with Crippen molar-refractivity contribution >= 4 is 20.7 Å². The molecule has 1 N–H and O–H groups in total. The van der Waals surface area contributed by atoms with Crippen LogP contribution in [0.1, 0.15) is 19.8 Å². The van der Waals surface area contributed by atoms with E-state index in [1.165, 1.54) is 0 Å². The third kappa shape index (κ3) is 2.28. The highest BCUT2D eigenvalue weighted by Crippen LogP contribution is 2.34. The van der Waals surface area contributed by atoms with Gasteiger partial charge in [-0.1, -0.05) is 0 Å². The van der Waals surface area contributed by atoms with E-state index in [0.29, 0.717) is 11.4 Å². The Labute approximate surface area is 112 Å². The van der Waals surface area contributed by atoms with Crippen molar-refractivity contribution in [1.82, 2.24) is 4.57 Å². The number of hydrogen-bond acceptors (Lipinski definition) is 3. The normalized spacial score (nSPS) is 17.8. The van der Waals surface area contributed by atoms with Crippen molar-refractivity contribution in [2.45, 2.75) is 42.6 Å². The molecule has 0 radical (unpaired) electrons. The van der Waals surface area contributed by atoms with Gasteiger partial charge in [-0.25, -0.2) is 8.42 Å². The summed E-state index contributed by atoms with van der Waals surface area (Å²) in [4.78, 5) is 0.414. The Hall–Kier alpha value is -1.33. The standard InChI is InChI=1S/C14H17NO3S/c1-10(16)9-15-7-6-11-8-13(4-5-14(11)15)19(17,18)12-2-3-12/h4-8,10,12,16H,2-3,9H2,1H3/t10-/m0/s1. The van der Waals surface area contributed by atoms with Crippen molar-refractivity contribution in [3.8, 4) is 0 Å². The van der Waals surface area contributed by atoms with E-state index >= 15 is 0 Å². The van der Waals surface area contributed by atoms with E-state index in [2.05, 4.69) is 0 Å². The van der Waals surface area contributed by atoms with Gasteiger partial charge in [0.25, 0.3) is 0 Å². The van der Waals surface area contributed by atoms with Gasteiger partial charge in [0, 0.05) is 23.6 Å². The molecule has 1 aliphatic rings. The Balaban J connectivity index is 2.03. The quantitative estimate of drug-likeness (QED) is 0.930. The van der Waals surface area contributed by atoms with Crippen molar-refractivity contribution in [1.29, 1.82) is 0 Å². The minimum atomic E-state index is -3.13. The second-order valence-electron chi connectivity index (χ2n) is 5.28. The van der Waals surface area contributed by atoms with Gasteiger partial charge in [-0.3, -0.25) is 0 Å². The second kappa shape index (κ2) is 4.35. The lowest BCUT2D eigenvalue weighted by molar-refractivity contribution is 0.175. The molecule has 0 saturated heterocycles. The fourth-order valence-corrected chi connectivity index (χ4v) is 4.06. The van der Waals surface area contributed by atoms with E-state index in [1.54, 1.807) is 19.1 Å². The Kier molecular flexibility index (Phi) is 2.91. The Bertz CT molecular complexity index is 711.